The maximum absolute atomic E-state index is 13.0. The zero-order valence-electron chi connectivity index (χ0n) is 19.3. The molecule has 0 bridgehead atoms. The van der Waals surface area contributed by atoms with Gasteiger partial charge >= 0.3 is 6.18 Å². The predicted molar refractivity (Wildman–Crippen MR) is 142 cm³/mol. The highest BCUT2D eigenvalue weighted by atomic mass is 79.9. The minimum Gasteiger partial charge on any atom is -0.457 e. The molecule has 0 aliphatic rings. The summed E-state index contributed by atoms with van der Waals surface area (Å²) in [5, 5.41) is 7.57. The molecular weight excluding hydrogens is 545 g/mol. The number of nitrogens with one attached hydrogen (secondary N) is 2. The largest absolute Gasteiger partial charge is 0.457 e. The second-order valence-electron chi connectivity index (χ2n) is 8.22. The Kier molecular flexibility index (Phi) is 6.96. The van der Waals surface area contributed by atoms with Gasteiger partial charge in [0.1, 0.15) is 23.6 Å². The van der Waals surface area contributed by atoms with Crippen LogP contribution in [0, 0.1) is 0 Å². The summed E-state index contributed by atoms with van der Waals surface area (Å²) in [5.74, 6) is 1.26. The van der Waals surface area contributed by atoms with Gasteiger partial charge in [0, 0.05) is 27.8 Å². The Hall–Kier alpha value is -4.11. The van der Waals surface area contributed by atoms with Crippen molar-refractivity contribution in [2.24, 2.45) is 0 Å². The first kappa shape index (κ1) is 24.6. The van der Waals surface area contributed by atoms with E-state index >= 15 is 0 Å². The highest BCUT2D eigenvalue weighted by Gasteiger charge is 2.30. The minimum atomic E-state index is -4.43. The second kappa shape index (κ2) is 10.5. The molecule has 0 atom stereocenters. The quantitative estimate of drug-likeness (QED) is 0.207. The smallest absolute Gasteiger partial charge is 0.416 e. The van der Waals surface area contributed by atoms with Gasteiger partial charge in [0.15, 0.2) is 0 Å². The standard InChI is InChI=1S/C28H20BrF3N4O/c29-20-6-3-7-22(14-20)36-27-25-15-21(10-11-26(25)34-17-35-27)33-16-18-4-1-8-23(12-18)37-24-9-2-5-19(13-24)28(30,31)32/h1-15,17,33H,16H2,(H,34,35,36). The Bertz CT molecular complexity index is 1560. The van der Waals surface area contributed by atoms with Gasteiger partial charge in [0.2, 0.25) is 0 Å². The molecule has 0 unspecified atom stereocenters. The fourth-order valence-corrected chi connectivity index (χ4v) is 4.16. The van der Waals surface area contributed by atoms with E-state index in [2.05, 4.69) is 36.5 Å². The minimum absolute atomic E-state index is 0.125. The molecule has 1 heterocycles. The zero-order valence-corrected chi connectivity index (χ0v) is 20.8. The van der Waals surface area contributed by atoms with E-state index in [4.69, 9.17) is 4.74 Å². The summed E-state index contributed by atoms with van der Waals surface area (Å²) in [7, 11) is 0. The summed E-state index contributed by atoms with van der Waals surface area (Å²) >= 11 is 3.48. The molecular formula is C28H20BrF3N4O. The van der Waals surface area contributed by atoms with Crippen LogP contribution in [0.1, 0.15) is 11.1 Å². The van der Waals surface area contributed by atoms with Gasteiger partial charge in [-0.15, -0.1) is 0 Å². The summed E-state index contributed by atoms with van der Waals surface area (Å²) in [6, 6.07) is 25.7. The van der Waals surface area contributed by atoms with Crippen molar-refractivity contribution in [3.8, 4) is 11.5 Å². The van der Waals surface area contributed by atoms with E-state index in [1.54, 1.807) is 18.2 Å². The summed E-state index contributed by atoms with van der Waals surface area (Å²) < 4.78 is 45.7. The fourth-order valence-electron chi connectivity index (χ4n) is 3.76. The van der Waals surface area contributed by atoms with E-state index in [1.165, 1.54) is 18.5 Å². The van der Waals surface area contributed by atoms with E-state index in [9.17, 15) is 13.2 Å². The van der Waals surface area contributed by atoms with E-state index in [-0.39, 0.29) is 5.75 Å². The van der Waals surface area contributed by atoms with E-state index in [0.29, 0.717) is 18.1 Å². The van der Waals surface area contributed by atoms with E-state index in [1.807, 2.05) is 48.5 Å². The molecule has 0 amide bonds. The number of aromatic nitrogens is 2. The van der Waals surface area contributed by atoms with Crippen molar-refractivity contribution < 1.29 is 17.9 Å². The van der Waals surface area contributed by atoms with Crippen molar-refractivity contribution >= 4 is 44.0 Å². The molecule has 0 fully saturated rings. The van der Waals surface area contributed by atoms with Gasteiger partial charge < -0.3 is 15.4 Å². The molecule has 5 aromatic rings. The van der Waals surface area contributed by atoms with Crippen LogP contribution in [-0.4, -0.2) is 9.97 Å². The van der Waals surface area contributed by atoms with Crippen molar-refractivity contribution in [1.82, 2.24) is 9.97 Å². The Balaban J connectivity index is 1.31. The van der Waals surface area contributed by atoms with E-state index in [0.717, 1.165) is 44.4 Å². The van der Waals surface area contributed by atoms with Gasteiger partial charge in [-0.2, -0.15) is 13.2 Å². The number of fused-ring (bicyclic) bond motifs is 1. The summed E-state index contributed by atoms with van der Waals surface area (Å²) in [6.45, 7) is 0.480. The van der Waals surface area contributed by atoms with Crippen LogP contribution < -0.4 is 15.4 Å². The van der Waals surface area contributed by atoms with Crippen LogP contribution >= 0.6 is 15.9 Å². The third-order valence-corrected chi connectivity index (χ3v) is 6.01. The monoisotopic (exact) mass is 564 g/mol. The van der Waals surface area contributed by atoms with Crippen LogP contribution in [0.5, 0.6) is 11.5 Å². The maximum atomic E-state index is 13.0. The third kappa shape index (κ3) is 6.18. The maximum Gasteiger partial charge on any atom is 0.416 e. The van der Waals surface area contributed by atoms with Crippen LogP contribution in [0.2, 0.25) is 0 Å². The molecule has 0 saturated heterocycles. The van der Waals surface area contributed by atoms with Crippen LogP contribution in [0.25, 0.3) is 10.9 Å². The lowest BCUT2D eigenvalue weighted by atomic mass is 10.1. The number of rotatable bonds is 7. The Morgan fingerprint density at radius 2 is 1.57 bits per heavy atom. The lowest BCUT2D eigenvalue weighted by Gasteiger charge is -2.12. The van der Waals surface area contributed by atoms with Crippen molar-refractivity contribution in [3.05, 3.63) is 113 Å². The normalized spacial score (nSPS) is 11.4. The highest BCUT2D eigenvalue weighted by Crippen LogP contribution is 2.33. The number of hydrogen-bond donors (Lipinski definition) is 2. The molecule has 4 aromatic carbocycles. The molecule has 186 valence electrons. The van der Waals surface area contributed by atoms with Crippen molar-refractivity contribution in [1.29, 1.82) is 0 Å². The van der Waals surface area contributed by atoms with Crippen LogP contribution in [0.4, 0.5) is 30.4 Å². The van der Waals surface area contributed by atoms with E-state index < -0.39 is 11.7 Å². The zero-order chi connectivity index (χ0) is 25.8. The van der Waals surface area contributed by atoms with Gasteiger partial charge in [0.05, 0.1) is 11.1 Å². The molecule has 0 spiro atoms. The molecule has 0 aliphatic heterocycles. The topological polar surface area (TPSA) is 59.1 Å². The van der Waals surface area contributed by atoms with Crippen molar-refractivity contribution in [2.45, 2.75) is 12.7 Å². The Morgan fingerprint density at radius 1 is 0.784 bits per heavy atom. The predicted octanol–water partition coefficient (Wildman–Crippen LogP) is 8.56. The molecule has 2 N–H and O–H groups in total. The summed E-state index contributed by atoms with van der Waals surface area (Å²) in [6.07, 6.45) is -2.91. The number of halogens is 4. The number of alkyl halides is 3. The summed E-state index contributed by atoms with van der Waals surface area (Å²) in [5.41, 5.74) is 2.71. The first-order valence-electron chi connectivity index (χ1n) is 11.3. The number of ether oxygens (including phenoxy) is 1. The van der Waals surface area contributed by atoms with Gasteiger partial charge in [-0.25, -0.2) is 9.97 Å². The third-order valence-electron chi connectivity index (χ3n) is 5.51. The van der Waals surface area contributed by atoms with Gasteiger partial charge in [-0.1, -0.05) is 40.2 Å². The molecule has 5 nitrogen and oxygen atoms in total. The molecule has 0 radical (unpaired) electrons. The molecule has 37 heavy (non-hydrogen) atoms. The first-order chi connectivity index (χ1) is 17.8. The van der Waals surface area contributed by atoms with Crippen molar-refractivity contribution in [3.63, 3.8) is 0 Å². The summed E-state index contributed by atoms with van der Waals surface area (Å²) in [4.78, 5) is 8.77. The lowest BCUT2D eigenvalue weighted by molar-refractivity contribution is -0.137. The Morgan fingerprint density at radius 3 is 2.38 bits per heavy atom. The highest BCUT2D eigenvalue weighted by molar-refractivity contribution is 9.10. The fraction of sp³-hybridized carbons (Fsp3) is 0.0714. The Labute approximate surface area is 219 Å². The number of nitrogens with zero attached hydrogens (tertiary/aromatic N) is 2. The van der Waals surface area contributed by atoms with Gasteiger partial charge in [-0.05, 0) is 72.3 Å². The van der Waals surface area contributed by atoms with Crippen LogP contribution in [0.15, 0.2) is 102 Å². The average Bonchev–Trinajstić information content (AvgIpc) is 2.88. The molecule has 9 heteroatoms. The van der Waals surface area contributed by atoms with Crippen LogP contribution in [0.3, 0.4) is 0 Å². The molecule has 0 aliphatic carbocycles. The average molecular weight is 565 g/mol. The number of anilines is 3. The molecule has 0 saturated carbocycles. The van der Waals surface area contributed by atoms with Gasteiger partial charge in [0.25, 0.3) is 0 Å². The lowest BCUT2D eigenvalue weighted by Crippen LogP contribution is -2.04. The SMILES string of the molecule is FC(F)(F)c1cccc(Oc2cccc(CNc3ccc4ncnc(Nc5cccc(Br)c5)c4c3)c2)c1. The van der Waals surface area contributed by atoms with Gasteiger partial charge in [-0.3, -0.25) is 0 Å². The second-order valence-corrected chi connectivity index (χ2v) is 9.13. The first-order valence-corrected chi connectivity index (χ1v) is 12.1. The molecule has 1 aromatic heterocycles. The number of benzene rings is 4. The number of hydrogen-bond acceptors (Lipinski definition) is 5. The van der Waals surface area contributed by atoms with Crippen LogP contribution in [-0.2, 0) is 12.7 Å². The molecule has 5 rings (SSSR count). The van der Waals surface area contributed by atoms with Crippen molar-refractivity contribution in [2.75, 3.05) is 10.6 Å².